The average Bonchev–Trinajstić information content (AvgIpc) is 2.30. The average molecular weight is 222 g/mol. The molecule has 0 heterocycles. The van der Waals surface area contributed by atoms with Crippen LogP contribution in [-0.4, -0.2) is 0 Å². The van der Waals surface area contributed by atoms with E-state index in [1.165, 1.54) is 51.4 Å². The Kier molecular flexibility index (Phi) is 12.1. The molecule has 0 aliphatic carbocycles. The Labute approximate surface area is 103 Å². The highest BCUT2D eigenvalue weighted by Gasteiger charge is 1.99. The van der Waals surface area contributed by atoms with Gasteiger partial charge in [0, 0.05) is 0 Å². The summed E-state index contributed by atoms with van der Waals surface area (Å²) < 4.78 is 0. The molecule has 0 radical (unpaired) electrons. The molecule has 0 aliphatic heterocycles. The van der Waals surface area contributed by atoms with Crippen LogP contribution in [0.5, 0.6) is 0 Å². The summed E-state index contributed by atoms with van der Waals surface area (Å²) >= 11 is 0. The third-order valence-electron chi connectivity index (χ3n) is 3.06. The highest BCUT2D eigenvalue weighted by molar-refractivity contribution is 4.82. The monoisotopic (exact) mass is 222 g/mol. The second-order valence-corrected chi connectivity index (χ2v) is 4.87. The summed E-state index contributed by atoms with van der Waals surface area (Å²) in [7, 11) is 0. The molecule has 1 unspecified atom stereocenters. The largest absolute Gasteiger partial charge is 0.103 e. The molecule has 94 valence electrons. The molecule has 0 saturated heterocycles. The highest BCUT2D eigenvalue weighted by atomic mass is 14.1. The van der Waals surface area contributed by atoms with E-state index in [1.807, 2.05) is 6.08 Å². The molecule has 1 atom stereocenters. The van der Waals surface area contributed by atoms with Gasteiger partial charge in [0.15, 0.2) is 0 Å². The van der Waals surface area contributed by atoms with E-state index in [0.717, 1.165) is 12.3 Å². The van der Waals surface area contributed by atoms with Crippen LogP contribution in [0, 0.1) is 5.92 Å². The van der Waals surface area contributed by atoms with Gasteiger partial charge in [-0.25, -0.2) is 0 Å². The molecule has 0 N–H and O–H groups in total. The summed E-state index contributed by atoms with van der Waals surface area (Å²) in [4.78, 5) is 0. The lowest BCUT2D eigenvalue weighted by atomic mass is 9.98. The lowest BCUT2D eigenvalue weighted by Crippen LogP contribution is -1.93. The van der Waals surface area contributed by atoms with Gasteiger partial charge in [-0.05, 0) is 38.0 Å². The molecule has 0 rings (SSSR count). The standard InChI is InChI=1S/C16H30/c1-4-6-8-9-10-11-12-13-15-16(3)14-7-5-2/h4,10-11,16H,1,5-9,12-15H2,2-3H3. The zero-order valence-electron chi connectivity index (χ0n) is 11.4. The van der Waals surface area contributed by atoms with Crippen LogP contribution in [0.3, 0.4) is 0 Å². The van der Waals surface area contributed by atoms with Crippen LogP contribution in [0.15, 0.2) is 24.8 Å². The molecule has 0 amide bonds. The van der Waals surface area contributed by atoms with Crippen LogP contribution in [0.1, 0.15) is 71.6 Å². The minimum Gasteiger partial charge on any atom is -0.103 e. The van der Waals surface area contributed by atoms with Gasteiger partial charge < -0.3 is 0 Å². The summed E-state index contributed by atoms with van der Waals surface area (Å²) in [5.41, 5.74) is 0. The first-order valence-corrected chi connectivity index (χ1v) is 7.07. The summed E-state index contributed by atoms with van der Waals surface area (Å²) in [6.07, 6.45) is 18.5. The van der Waals surface area contributed by atoms with Gasteiger partial charge in [-0.2, -0.15) is 0 Å². The number of hydrogen-bond acceptors (Lipinski definition) is 0. The van der Waals surface area contributed by atoms with Crippen molar-refractivity contribution in [2.45, 2.75) is 71.6 Å². The van der Waals surface area contributed by atoms with Gasteiger partial charge in [-0.15, -0.1) is 6.58 Å². The van der Waals surface area contributed by atoms with E-state index in [2.05, 4.69) is 32.6 Å². The molecule has 0 aliphatic rings. The number of rotatable bonds is 11. The molecule has 0 aromatic rings. The summed E-state index contributed by atoms with van der Waals surface area (Å²) in [6, 6.07) is 0. The number of hydrogen-bond donors (Lipinski definition) is 0. The Morgan fingerprint density at radius 1 is 0.938 bits per heavy atom. The van der Waals surface area contributed by atoms with E-state index >= 15 is 0 Å². The third-order valence-corrected chi connectivity index (χ3v) is 3.06. The first kappa shape index (κ1) is 15.5. The fraction of sp³-hybridized carbons (Fsp3) is 0.750. The lowest BCUT2D eigenvalue weighted by molar-refractivity contribution is 0.459. The molecule has 0 nitrogen and oxygen atoms in total. The van der Waals surface area contributed by atoms with Crippen molar-refractivity contribution in [1.82, 2.24) is 0 Å². The fourth-order valence-corrected chi connectivity index (χ4v) is 1.90. The predicted octanol–water partition coefficient (Wildman–Crippen LogP) is 5.90. The zero-order chi connectivity index (χ0) is 12.1. The normalized spacial score (nSPS) is 13.1. The first-order valence-electron chi connectivity index (χ1n) is 7.07. The van der Waals surface area contributed by atoms with Crippen LogP contribution in [-0.2, 0) is 0 Å². The molecule has 0 fully saturated rings. The van der Waals surface area contributed by atoms with Crippen LogP contribution in [0.25, 0.3) is 0 Å². The van der Waals surface area contributed by atoms with Gasteiger partial charge in [0.2, 0.25) is 0 Å². The second-order valence-electron chi connectivity index (χ2n) is 4.87. The van der Waals surface area contributed by atoms with Crippen molar-refractivity contribution in [2.75, 3.05) is 0 Å². The quantitative estimate of drug-likeness (QED) is 0.302. The smallest absolute Gasteiger partial charge is 0.0348 e. The first-order chi connectivity index (χ1) is 7.81. The third kappa shape index (κ3) is 11.6. The van der Waals surface area contributed by atoms with E-state index in [0.29, 0.717) is 0 Å². The SMILES string of the molecule is C=CCCCC=CCCCC(C)CCCC. The Balaban J connectivity index is 3.21. The van der Waals surface area contributed by atoms with Gasteiger partial charge in [-0.1, -0.05) is 57.8 Å². The molecule has 0 heteroatoms. The van der Waals surface area contributed by atoms with Crippen molar-refractivity contribution in [2.24, 2.45) is 5.92 Å². The van der Waals surface area contributed by atoms with Gasteiger partial charge >= 0.3 is 0 Å². The molecule has 16 heavy (non-hydrogen) atoms. The zero-order valence-corrected chi connectivity index (χ0v) is 11.4. The fourth-order valence-electron chi connectivity index (χ4n) is 1.90. The highest BCUT2D eigenvalue weighted by Crippen LogP contribution is 2.15. The molecule has 0 bridgehead atoms. The Hall–Kier alpha value is -0.520. The Morgan fingerprint density at radius 2 is 1.56 bits per heavy atom. The molecular weight excluding hydrogens is 192 g/mol. The molecular formula is C16H30. The van der Waals surface area contributed by atoms with Crippen molar-refractivity contribution in [3.05, 3.63) is 24.8 Å². The van der Waals surface area contributed by atoms with E-state index in [1.54, 1.807) is 0 Å². The molecule has 0 aromatic heterocycles. The second kappa shape index (κ2) is 12.5. The summed E-state index contributed by atoms with van der Waals surface area (Å²) in [6.45, 7) is 8.40. The van der Waals surface area contributed by atoms with E-state index in [9.17, 15) is 0 Å². The minimum atomic E-state index is 0.925. The summed E-state index contributed by atoms with van der Waals surface area (Å²) in [5, 5.41) is 0. The van der Waals surface area contributed by atoms with Crippen LogP contribution in [0.2, 0.25) is 0 Å². The van der Waals surface area contributed by atoms with E-state index in [4.69, 9.17) is 0 Å². The van der Waals surface area contributed by atoms with Gasteiger partial charge in [0.05, 0.1) is 0 Å². The van der Waals surface area contributed by atoms with E-state index < -0.39 is 0 Å². The van der Waals surface area contributed by atoms with Crippen molar-refractivity contribution >= 4 is 0 Å². The maximum Gasteiger partial charge on any atom is -0.0348 e. The van der Waals surface area contributed by atoms with E-state index in [-0.39, 0.29) is 0 Å². The maximum absolute atomic E-state index is 3.73. The van der Waals surface area contributed by atoms with Gasteiger partial charge in [0.25, 0.3) is 0 Å². The maximum atomic E-state index is 3.73. The topological polar surface area (TPSA) is 0 Å². The van der Waals surface area contributed by atoms with Crippen molar-refractivity contribution < 1.29 is 0 Å². The van der Waals surface area contributed by atoms with Crippen molar-refractivity contribution in [1.29, 1.82) is 0 Å². The van der Waals surface area contributed by atoms with Gasteiger partial charge in [-0.3, -0.25) is 0 Å². The van der Waals surface area contributed by atoms with Crippen LogP contribution < -0.4 is 0 Å². The number of unbranched alkanes of at least 4 members (excludes halogenated alkanes) is 4. The van der Waals surface area contributed by atoms with Gasteiger partial charge in [0.1, 0.15) is 0 Å². The Bertz CT molecular complexity index is 167. The van der Waals surface area contributed by atoms with Crippen molar-refractivity contribution in [3.63, 3.8) is 0 Å². The molecule has 0 aromatic carbocycles. The molecule has 0 spiro atoms. The predicted molar refractivity (Wildman–Crippen MR) is 75.7 cm³/mol. The summed E-state index contributed by atoms with van der Waals surface area (Å²) in [5.74, 6) is 0.925. The molecule has 0 saturated carbocycles. The Morgan fingerprint density at radius 3 is 2.19 bits per heavy atom. The van der Waals surface area contributed by atoms with Crippen LogP contribution >= 0.6 is 0 Å². The lowest BCUT2D eigenvalue weighted by Gasteiger charge is -2.08. The van der Waals surface area contributed by atoms with Crippen molar-refractivity contribution in [3.8, 4) is 0 Å². The van der Waals surface area contributed by atoms with Crippen LogP contribution in [0.4, 0.5) is 0 Å². The number of allylic oxidation sites excluding steroid dienone is 3. The minimum absolute atomic E-state index is 0.925.